The van der Waals surface area contributed by atoms with Crippen LogP contribution in [0.2, 0.25) is 0 Å². The Hall–Kier alpha value is -4.21. The third-order valence-corrected chi connectivity index (χ3v) is 6.11. The van der Waals surface area contributed by atoms with E-state index < -0.39 is 40.2 Å². The largest absolute Gasteiger partial charge is 0.416 e. The lowest BCUT2D eigenvalue weighted by Crippen LogP contribution is -2.35. The molecule has 2 N–H and O–H groups in total. The van der Waals surface area contributed by atoms with Gasteiger partial charge in [0.15, 0.2) is 0 Å². The van der Waals surface area contributed by atoms with Gasteiger partial charge in [0.25, 0.3) is 11.6 Å². The molecule has 0 heterocycles. The molecule has 4 rings (SSSR count). The highest BCUT2D eigenvalue weighted by atomic mass is 19.4. The molecule has 10 heteroatoms. The lowest BCUT2D eigenvalue weighted by molar-refractivity contribution is -0.385. The van der Waals surface area contributed by atoms with Crippen molar-refractivity contribution in [2.24, 2.45) is 5.73 Å². The van der Waals surface area contributed by atoms with Crippen LogP contribution in [0.1, 0.15) is 55.4 Å². The number of fused-ring (bicyclic) bond motifs is 1. The van der Waals surface area contributed by atoms with E-state index in [1.165, 1.54) is 41.3 Å². The van der Waals surface area contributed by atoms with Crippen LogP contribution in [0.3, 0.4) is 0 Å². The second-order valence-electron chi connectivity index (χ2n) is 8.19. The Labute approximate surface area is 198 Å². The van der Waals surface area contributed by atoms with Crippen molar-refractivity contribution in [3.8, 4) is 0 Å². The topological polar surface area (TPSA) is 107 Å². The number of carbonyl (C=O) groups is 2. The van der Waals surface area contributed by atoms with E-state index in [2.05, 4.69) is 0 Å². The van der Waals surface area contributed by atoms with Crippen LogP contribution < -0.4 is 5.73 Å². The van der Waals surface area contributed by atoms with Crippen LogP contribution in [-0.2, 0) is 19.1 Å². The van der Waals surface area contributed by atoms with Gasteiger partial charge in [0.2, 0.25) is 5.91 Å². The lowest BCUT2D eigenvalue weighted by atomic mass is 10.00. The monoisotopic (exact) mass is 483 g/mol. The van der Waals surface area contributed by atoms with Crippen molar-refractivity contribution in [2.45, 2.75) is 31.6 Å². The van der Waals surface area contributed by atoms with Crippen LogP contribution in [0.4, 0.5) is 18.9 Å². The molecule has 7 nitrogen and oxygen atoms in total. The summed E-state index contributed by atoms with van der Waals surface area (Å²) in [5.74, 6) is -1.46. The standard InChI is InChI=1S/C25H20F3N3O4/c26-25(27,28)17-11-9-15-10-12-21(20(15)13-17)30(14-16-5-1-2-6-18(16)23(29)32)24(33)19-7-3-4-8-22(19)31(34)35/h1-9,11,13,21H,10,12,14H2,(H2,29,32)/t21-/m1/s1. The number of nitro groups is 1. The third-order valence-electron chi connectivity index (χ3n) is 6.11. The maximum atomic E-state index is 13.7. The van der Waals surface area contributed by atoms with Crippen LogP contribution >= 0.6 is 0 Å². The average molecular weight is 483 g/mol. The van der Waals surface area contributed by atoms with Gasteiger partial charge < -0.3 is 10.6 Å². The minimum atomic E-state index is -4.58. The Morgan fingerprint density at radius 3 is 2.34 bits per heavy atom. The molecule has 2 amide bonds. The second-order valence-corrected chi connectivity index (χ2v) is 8.19. The maximum Gasteiger partial charge on any atom is 0.416 e. The number of hydrogen-bond acceptors (Lipinski definition) is 4. The number of para-hydroxylation sites is 1. The number of alkyl halides is 3. The number of benzene rings is 3. The predicted octanol–water partition coefficient (Wildman–Crippen LogP) is 5.04. The molecule has 180 valence electrons. The first-order valence-electron chi connectivity index (χ1n) is 10.7. The van der Waals surface area contributed by atoms with Crippen molar-refractivity contribution in [3.05, 3.63) is 110 Å². The van der Waals surface area contributed by atoms with Crippen LogP contribution in [0, 0.1) is 10.1 Å². The van der Waals surface area contributed by atoms with E-state index in [0.717, 1.165) is 12.1 Å². The zero-order valence-electron chi connectivity index (χ0n) is 18.3. The summed E-state index contributed by atoms with van der Waals surface area (Å²) in [6.07, 6.45) is -3.83. The van der Waals surface area contributed by atoms with Crippen molar-refractivity contribution in [1.82, 2.24) is 4.90 Å². The summed E-state index contributed by atoms with van der Waals surface area (Å²) >= 11 is 0. The quantitative estimate of drug-likeness (QED) is 0.391. The first kappa shape index (κ1) is 23.9. The van der Waals surface area contributed by atoms with Crippen molar-refractivity contribution in [3.63, 3.8) is 0 Å². The van der Waals surface area contributed by atoms with Crippen LogP contribution in [0.5, 0.6) is 0 Å². The summed E-state index contributed by atoms with van der Waals surface area (Å²) in [7, 11) is 0. The first-order valence-corrected chi connectivity index (χ1v) is 10.7. The molecular weight excluding hydrogens is 463 g/mol. The van der Waals surface area contributed by atoms with E-state index in [0.29, 0.717) is 29.5 Å². The number of amides is 2. The number of primary amides is 1. The molecule has 0 aliphatic heterocycles. The minimum absolute atomic E-state index is 0.148. The Morgan fingerprint density at radius 1 is 1.03 bits per heavy atom. The Morgan fingerprint density at radius 2 is 1.69 bits per heavy atom. The Bertz CT molecular complexity index is 1320. The zero-order valence-corrected chi connectivity index (χ0v) is 18.3. The highest BCUT2D eigenvalue weighted by molar-refractivity contribution is 5.99. The van der Waals surface area contributed by atoms with Gasteiger partial charge in [-0.1, -0.05) is 36.4 Å². The molecule has 0 aromatic heterocycles. The SMILES string of the molecule is NC(=O)c1ccccc1CN(C(=O)c1ccccc1[N+](=O)[O-])[C@@H]1CCc2ccc(C(F)(F)F)cc21. The molecule has 1 aliphatic rings. The van der Waals surface area contributed by atoms with Gasteiger partial charge in [-0.2, -0.15) is 13.2 Å². The highest BCUT2D eigenvalue weighted by Crippen LogP contribution is 2.41. The Balaban J connectivity index is 1.84. The fraction of sp³-hybridized carbons (Fsp3) is 0.200. The van der Waals surface area contributed by atoms with E-state index in [1.54, 1.807) is 18.2 Å². The number of hydrogen-bond donors (Lipinski definition) is 1. The number of halogens is 3. The van der Waals surface area contributed by atoms with Gasteiger partial charge in [0, 0.05) is 18.2 Å². The summed E-state index contributed by atoms with van der Waals surface area (Å²) in [5, 5.41) is 11.6. The van der Waals surface area contributed by atoms with Gasteiger partial charge in [-0.05, 0) is 53.8 Å². The number of aryl methyl sites for hydroxylation is 1. The van der Waals surface area contributed by atoms with Gasteiger partial charge in [-0.15, -0.1) is 0 Å². The summed E-state index contributed by atoms with van der Waals surface area (Å²) in [4.78, 5) is 37.9. The van der Waals surface area contributed by atoms with E-state index in [-0.39, 0.29) is 17.7 Å². The van der Waals surface area contributed by atoms with Gasteiger partial charge in [0.1, 0.15) is 5.56 Å². The molecule has 0 unspecified atom stereocenters. The molecule has 0 saturated heterocycles. The summed E-state index contributed by atoms with van der Waals surface area (Å²) in [5.41, 5.74) is 5.52. The molecule has 3 aromatic rings. The lowest BCUT2D eigenvalue weighted by Gasteiger charge is -2.31. The van der Waals surface area contributed by atoms with E-state index >= 15 is 0 Å². The normalized spacial score (nSPS) is 14.9. The van der Waals surface area contributed by atoms with Gasteiger partial charge in [-0.3, -0.25) is 19.7 Å². The van der Waals surface area contributed by atoms with E-state index in [9.17, 15) is 32.9 Å². The first-order chi connectivity index (χ1) is 16.6. The molecule has 0 radical (unpaired) electrons. The molecule has 1 atom stereocenters. The zero-order chi connectivity index (χ0) is 25.3. The summed E-state index contributed by atoms with van der Waals surface area (Å²) < 4.78 is 40.3. The van der Waals surface area contributed by atoms with Crippen molar-refractivity contribution in [2.75, 3.05) is 0 Å². The van der Waals surface area contributed by atoms with Crippen LogP contribution in [0.15, 0.2) is 66.7 Å². The molecule has 35 heavy (non-hydrogen) atoms. The molecule has 0 spiro atoms. The van der Waals surface area contributed by atoms with Gasteiger partial charge in [-0.25, -0.2) is 0 Å². The third kappa shape index (κ3) is 4.72. The van der Waals surface area contributed by atoms with Crippen molar-refractivity contribution < 1.29 is 27.7 Å². The maximum absolute atomic E-state index is 13.7. The molecule has 0 bridgehead atoms. The fourth-order valence-corrected chi connectivity index (χ4v) is 4.45. The average Bonchev–Trinajstić information content (AvgIpc) is 3.24. The molecule has 1 aliphatic carbocycles. The number of rotatable bonds is 6. The predicted molar refractivity (Wildman–Crippen MR) is 120 cm³/mol. The summed E-state index contributed by atoms with van der Waals surface area (Å²) in [6.45, 7) is -0.176. The number of nitro benzene ring substituents is 1. The van der Waals surface area contributed by atoms with E-state index in [1.807, 2.05) is 0 Å². The van der Waals surface area contributed by atoms with E-state index in [4.69, 9.17) is 5.73 Å². The van der Waals surface area contributed by atoms with Gasteiger partial charge in [0.05, 0.1) is 16.5 Å². The molecule has 0 saturated carbocycles. The minimum Gasteiger partial charge on any atom is -0.366 e. The van der Waals surface area contributed by atoms with Crippen molar-refractivity contribution >= 4 is 17.5 Å². The molecule has 0 fully saturated rings. The number of nitrogens with zero attached hydrogens (tertiary/aromatic N) is 2. The Kier molecular flexibility index (Phi) is 6.29. The van der Waals surface area contributed by atoms with Crippen LogP contribution in [-0.4, -0.2) is 21.6 Å². The molecular formula is C25H20F3N3O4. The fourth-order valence-electron chi connectivity index (χ4n) is 4.45. The second kappa shape index (κ2) is 9.21. The van der Waals surface area contributed by atoms with Crippen molar-refractivity contribution in [1.29, 1.82) is 0 Å². The number of carbonyl (C=O) groups excluding carboxylic acids is 2. The number of nitrogens with two attached hydrogens (primary N) is 1. The molecule has 3 aromatic carbocycles. The van der Waals surface area contributed by atoms with Crippen LogP contribution in [0.25, 0.3) is 0 Å². The highest BCUT2D eigenvalue weighted by Gasteiger charge is 2.37. The summed E-state index contributed by atoms with van der Waals surface area (Å²) in [6, 6.07) is 14.3. The smallest absolute Gasteiger partial charge is 0.366 e. The van der Waals surface area contributed by atoms with Gasteiger partial charge >= 0.3 is 6.18 Å².